The molecule has 4 aliphatic rings. The van der Waals surface area contributed by atoms with Crippen LogP contribution >= 0.6 is 11.6 Å². The van der Waals surface area contributed by atoms with Gasteiger partial charge in [-0.15, -0.1) is 0 Å². The topological polar surface area (TPSA) is 164 Å². The minimum absolute atomic E-state index is 0.0142. The zero-order valence-corrected chi connectivity index (χ0v) is 28.9. The number of esters is 3. The first-order valence-corrected chi connectivity index (χ1v) is 17.3. The summed E-state index contributed by atoms with van der Waals surface area (Å²) in [5.41, 5.74) is -0.497. The summed E-state index contributed by atoms with van der Waals surface area (Å²) in [4.78, 5) is 54.2. The summed E-state index contributed by atoms with van der Waals surface area (Å²) >= 11 is 6.01. The van der Waals surface area contributed by atoms with Gasteiger partial charge in [0.25, 0.3) is 0 Å². The molecular formula is C37H42ClFN2O9. The third-order valence-electron chi connectivity index (χ3n) is 11.3. The molecule has 4 unspecified atom stereocenters. The minimum atomic E-state index is -1.44. The summed E-state index contributed by atoms with van der Waals surface area (Å²) < 4.78 is 31.3. The lowest BCUT2D eigenvalue weighted by atomic mass is 9.46. The molecule has 6 rings (SSSR count). The van der Waals surface area contributed by atoms with Gasteiger partial charge in [0.1, 0.15) is 29.8 Å². The molecule has 3 aliphatic carbocycles. The van der Waals surface area contributed by atoms with Gasteiger partial charge in [-0.3, -0.25) is 9.59 Å². The lowest BCUT2D eigenvalue weighted by molar-refractivity contribution is -0.180. The van der Waals surface area contributed by atoms with E-state index in [1.807, 2.05) is 19.1 Å². The van der Waals surface area contributed by atoms with Crippen molar-refractivity contribution in [2.24, 2.45) is 41.4 Å². The number of carbonyl (C=O) groups is 4. The fraction of sp³-hybridized carbons (Fsp3) is 0.514. The standard InChI is InChI=1S/C37H42ClFN2O9/c1-17-15-18(2)37(47)21(10-12-22-28-29(30(22)37)31(43)19(3)33(28)50-35(45)26-9-6-14-40-26)11-13-27(42)49-32(17)20(4)48-36(46)34(44)41-16-23-24(38)7-5-8-25(23)39/h5-10,12,14-15,17,19-22,28-33,40,43,47H,11,13,16H2,1-4H3,(H,41,44)/b18-15+/t17-,19-,20-,21?,22?,28+,29?,30?,31-,32+,33-,37+/m1/s1. The molecule has 1 amide bonds. The Morgan fingerprint density at radius 3 is 2.64 bits per heavy atom. The van der Waals surface area contributed by atoms with E-state index in [9.17, 15) is 33.8 Å². The molecule has 11 nitrogen and oxygen atoms in total. The highest BCUT2D eigenvalue weighted by Crippen LogP contribution is 2.66. The molecule has 1 aliphatic heterocycles. The Balaban J connectivity index is 1.19. The molecule has 2 fully saturated rings. The number of aliphatic hydroxyl groups is 2. The SMILES string of the molecule is C/C1=C\[C@@H](C)[C@@H]([C@@H](C)OC(=O)C(=O)NCc2c(F)cccc2Cl)OC(=O)CCC2C=CC3C(C4[C@H]3[C@H](OC(=O)c3ccc[nH]3)[C@H](C)[C@H]4O)[C@]12O. The average molecular weight is 713 g/mol. The Morgan fingerprint density at radius 2 is 1.94 bits per heavy atom. The molecule has 1 aromatic heterocycles. The molecule has 0 spiro atoms. The van der Waals surface area contributed by atoms with Crippen LogP contribution in [-0.2, 0) is 35.1 Å². The number of allylic oxidation sites excluding steroid dienone is 1. The van der Waals surface area contributed by atoms with E-state index in [0.717, 1.165) is 0 Å². The number of nitrogens with one attached hydrogen (secondary N) is 2. The second kappa shape index (κ2) is 14.0. The number of hydrogen-bond acceptors (Lipinski definition) is 9. The van der Waals surface area contributed by atoms with Gasteiger partial charge in [0, 0.05) is 59.3 Å². The number of halogens is 2. The van der Waals surface area contributed by atoms with Crippen molar-refractivity contribution in [3.8, 4) is 0 Å². The average Bonchev–Trinajstić information content (AvgIpc) is 3.67. The van der Waals surface area contributed by atoms with Crippen molar-refractivity contribution < 1.29 is 48.0 Å². The Labute approximate surface area is 294 Å². The molecular weight excluding hydrogens is 671 g/mol. The number of aromatic amines is 1. The van der Waals surface area contributed by atoms with Crippen molar-refractivity contribution in [1.29, 1.82) is 0 Å². The van der Waals surface area contributed by atoms with Crippen molar-refractivity contribution in [3.63, 3.8) is 0 Å². The van der Waals surface area contributed by atoms with Crippen LogP contribution in [0.1, 0.15) is 56.6 Å². The van der Waals surface area contributed by atoms with E-state index in [2.05, 4.69) is 10.3 Å². The lowest BCUT2D eigenvalue weighted by Crippen LogP contribution is -2.64. The fourth-order valence-corrected chi connectivity index (χ4v) is 9.01. The second-order valence-electron chi connectivity index (χ2n) is 14.1. The van der Waals surface area contributed by atoms with Gasteiger partial charge in [0.05, 0.1) is 11.7 Å². The molecule has 2 aromatic rings. The summed E-state index contributed by atoms with van der Waals surface area (Å²) in [6, 6.07) is 7.39. The number of aromatic nitrogens is 1. The summed E-state index contributed by atoms with van der Waals surface area (Å²) in [6.07, 6.45) is 4.10. The van der Waals surface area contributed by atoms with Crippen molar-refractivity contribution >= 4 is 35.4 Å². The lowest BCUT2D eigenvalue weighted by Gasteiger charge is -2.61. The van der Waals surface area contributed by atoms with Crippen LogP contribution in [0.2, 0.25) is 5.02 Å². The number of cyclic esters (lactones) is 1. The van der Waals surface area contributed by atoms with Gasteiger partial charge in [-0.05, 0) is 61.9 Å². The van der Waals surface area contributed by atoms with Crippen LogP contribution in [-0.4, -0.2) is 69.0 Å². The third kappa shape index (κ3) is 6.26. The van der Waals surface area contributed by atoms with E-state index in [1.54, 1.807) is 38.3 Å². The summed E-state index contributed by atoms with van der Waals surface area (Å²) in [6.45, 7) is 6.57. The zero-order valence-electron chi connectivity index (χ0n) is 28.2. The van der Waals surface area contributed by atoms with Crippen molar-refractivity contribution in [3.05, 3.63) is 82.4 Å². The van der Waals surface area contributed by atoms with E-state index in [4.69, 9.17) is 25.8 Å². The minimum Gasteiger partial charge on any atom is -0.458 e. The number of hydrogen-bond donors (Lipinski definition) is 4. The van der Waals surface area contributed by atoms with Gasteiger partial charge in [-0.25, -0.2) is 14.0 Å². The van der Waals surface area contributed by atoms with Crippen LogP contribution in [0.15, 0.2) is 60.3 Å². The number of rotatable bonds is 6. The van der Waals surface area contributed by atoms with Crippen LogP contribution in [0, 0.1) is 47.2 Å². The maximum absolute atomic E-state index is 14.1. The molecule has 2 heterocycles. The Hall–Kier alpha value is -4.00. The second-order valence-corrected chi connectivity index (χ2v) is 14.5. The van der Waals surface area contributed by atoms with Gasteiger partial charge >= 0.3 is 23.8 Å². The van der Waals surface area contributed by atoms with E-state index < -0.39 is 77.4 Å². The maximum atomic E-state index is 14.1. The van der Waals surface area contributed by atoms with Crippen LogP contribution < -0.4 is 5.32 Å². The molecule has 50 heavy (non-hydrogen) atoms. The highest BCUT2D eigenvalue weighted by molar-refractivity contribution is 6.33. The molecule has 0 bridgehead atoms. The van der Waals surface area contributed by atoms with Gasteiger partial charge in [-0.1, -0.05) is 49.7 Å². The van der Waals surface area contributed by atoms with Crippen LogP contribution in [0.5, 0.6) is 0 Å². The molecule has 0 saturated heterocycles. The Kier molecular flexibility index (Phi) is 10.00. The largest absolute Gasteiger partial charge is 0.458 e. The van der Waals surface area contributed by atoms with Gasteiger partial charge in [0.15, 0.2) is 0 Å². The first-order valence-electron chi connectivity index (χ1n) is 17.0. The number of H-pyrrole nitrogens is 1. The first kappa shape index (κ1) is 35.8. The molecule has 2 saturated carbocycles. The molecule has 0 radical (unpaired) electrons. The van der Waals surface area contributed by atoms with E-state index in [1.165, 1.54) is 25.1 Å². The molecule has 268 valence electrons. The zero-order chi connectivity index (χ0) is 36.1. The predicted octanol–water partition coefficient (Wildman–Crippen LogP) is 4.27. The fourth-order valence-electron chi connectivity index (χ4n) is 8.78. The van der Waals surface area contributed by atoms with Crippen molar-refractivity contribution in [2.75, 3.05) is 0 Å². The van der Waals surface area contributed by atoms with Crippen LogP contribution in [0.25, 0.3) is 0 Å². The number of amides is 1. The maximum Gasteiger partial charge on any atom is 0.397 e. The number of ether oxygens (including phenoxy) is 3. The number of aliphatic hydroxyl groups excluding tert-OH is 1. The predicted molar refractivity (Wildman–Crippen MR) is 178 cm³/mol. The third-order valence-corrected chi connectivity index (χ3v) is 11.6. The van der Waals surface area contributed by atoms with Crippen LogP contribution in [0.3, 0.4) is 0 Å². The van der Waals surface area contributed by atoms with Crippen LogP contribution in [0.4, 0.5) is 4.39 Å². The first-order chi connectivity index (χ1) is 23.7. The van der Waals surface area contributed by atoms with Gasteiger partial charge < -0.3 is 34.7 Å². The van der Waals surface area contributed by atoms with Gasteiger partial charge in [0.2, 0.25) is 0 Å². The quantitative estimate of drug-likeness (QED) is 0.148. The Morgan fingerprint density at radius 1 is 1.18 bits per heavy atom. The van der Waals surface area contributed by atoms with Gasteiger partial charge in [-0.2, -0.15) is 0 Å². The van der Waals surface area contributed by atoms with E-state index in [0.29, 0.717) is 11.3 Å². The number of fused-ring (bicyclic) bond motifs is 6. The number of carbonyl (C=O) groups excluding carboxylic acids is 4. The summed E-state index contributed by atoms with van der Waals surface area (Å²) in [7, 11) is 0. The molecule has 13 heteroatoms. The summed E-state index contributed by atoms with van der Waals surface area (Å²) in [5, 5.41) is 26.6. The highest BCUT2D eigenvalue weighted by atomic mass is 35.5. The smallest absolute Gasteiger partial charge is 0.397 e. The van der Waals surface area contributed by atoms with E-state index in [-0.39, 0.29) is 53.6 Å². The molecule has 12 atom stereocenters. The monoisotopic (exact) mass is 712 g/mol. The number of benzene rings is 1. The Bertz CT molecular complexity index is 1690. The van der Waals surface area contributed by atoms with Crippen molar-refractivity contribution in [2.45, 2.75) is 77.1 Å². The normalized spacial score (nSPS) is 36.2. The summed E-state index contributed by atoms with van der Waals surface area (Å²) in [5.74, 6) is -6.66. The van der Waals surface area contributed by atoms with E-state index >= 15 is 0 Å². The van der Waals surface area contributed by atoms with Crippen molar-refractivity contribution in [1.82, 2.24) is 10.3 Å². The molecule has 4 N–H and O–H groups in total. The highest BCUT2D eigenvalue weighted by Gasteiger charge is 2.70. The molecule has 1 aromatic carbocycles.